The van der Waals surface area contributed by atoms with Crippen LogP contribution in [0, 0.1) is 0 Å². The fourth-order valence-electron chi connectivity index (χ4n) is 3.87. The van der Waals surface area contributed by atoms with Crippen LogP contribution in [0.5, 0.6) is 11.5 Å². The van der Waals surface area contributed by atoms with Gasteiger partial charge in [-0.05, 0) is 61.4 Å². The summed E-state index contributed by atoms with van der Waals surface area (Å²) in [5.74, 6) is 3.10. The molecule has 1 aliphatic carbocycles. The monoisotopic (exact) mass is 396 g/mol. The molecule has 0 atom stereocenters. The Labute approximate surface area is 176 Å². The lowest BCUT2D eigenvalue weighted by Crippen LogP contribution is -2.16. The molecule has 0 spiro atoms. The van der Waals surface area contributed by atoms with Gasteiger partial charge in [0.25, 0.3) is 0 Å². The summed E-state index contributed by atoms with van der Waals surface area (Å²) in [6.07, 6.45) is 4.96. The molecule has 0 radical (unpaired) electrons. The third-order valence-electron chi connectivity index (χ3n) is 5.39. The molecule has 3 aromatic carbocycles. The van der Waals surface area contributed by atoms with E-state index in [4.69, 9.17) is 14.7 Å². The Kier molecular flexibility index (Phi) is 5.17. The summed E-state index contributed by atoms with van der Waals surface area (Å²) >= 11 is 0. The summed E-state index contributed by atoms with van der Waals surface area (Å²) in [7, 11) is 0. The minimum absolute atomic E-state index is 0.491. The molecule has 0 aliphatic heterocycles. The van der Waals surface area contributed by atoms with E-state index in [0.29, 0.717) is 12.0 Å². The van der Waals surface area contributed by atoms with Gasteiger partial charge in [-0.2, -0.15) is 4.98 Å². The first kappa shape index (κ1) is 18.4. The van der Waals surface area contributed by atoms with Crippen LogP contribution in [0.25, 0.3) is 10.9 Å². The number of nitrogens with one attached hydrogen (secondary N) is 2. The average molecular weight is 396 g/mol. The number of aromatic nitrogens is 2. The first-order valence-electron chi connectivity index (χ1n) is 10.5. The predicted octanol–water partition coefficient (Wildman–Crippen LogP) is 6.52. The highest BCUT2D eigenvalue weighted by molar-refractivity contribution is 5.90. The minimum Gasteiger partial charge on any atom is -0.457 e. The van der Waals surface area contributed by atoms with Gasteiger partial charge < -0.3 is 15.4 Å². The standard InChI is InChI=1S/C25H24N4O/c1-2-10-20(11-3-1)30-21-16-14-19(15-17-21)27-25-28-23-13-7-6-12-22(23)24(29-25)26-18-8-4-5-9-18/h1-3,6-7,10-18H,4-5,8-9H2,(H2,26,27,28,29). The van der Waals surface area contributed by atoms with Crippen molar-refractivity contribution in [1.29, 1.82) is 0 Å². The molecule has 1 aliphatic rings. The van der Waals surface area contributed by atoms with Crippen molar-refractivity contribution >= 4 is 28.4 Å². The smallest absolute Gasteiger partial charge is 0.229 e. The zero-order chi connectivity index (χ0) is 20.2. The molecular weight excluding hydrogens is 372 g/mol. The number of fused-ring (bicyclic) bond motifs is 1. The van der Waals surface area contributed by atoms with Crippen LogP contribution in [0.1, 0.15) is 25.7 Å². The van der Waals surface area contributed by atoms with E-state index in [2.05, 4.69) is 16.7 Å². The molecule has 0 bridgehead atoms. The number of benzene rings is 3. The second kappa shape index (κ2) is 8.41. The van der Waals surface area contributed by atoms with Crippen LogP contribution in [-0.4, -0.2) is 16.0 Å². The summed E-state index contributed by atoms with van der Waals surface area (Å²) < 4.78 is 5.87. The predicted molar refractivity (Wildman–Crippen MR) is 122 cm³/mol. The van der Waals surface area contributed by atoms with Crippen molar-refractivity contribution in [3.8, 4) is 11.5 Å². The zero-order valence-electron chi connectivity index (χ0n) is 16.7. The van der Waals surface area contributed by atoms with E-state index in [1.807, 2.05) is 72.8 Å². The maximum Gasteiger partial charge on any atom is 0.229 e. The molecule has 1 heterocycles. The third kappa shape index (κ3) is 4.20. The quantitative estimate of drug-likeness (QED) is 0.388. The fourth-order valence-corrected chi connectivity index (χ4v) is 3.87. The van der Waals surface area contributed by atoms with Crippen molar-refractivity contribution in [3.05, 3.63) is 78.9 Å². The summed E-state index contributed by atoms with van der Waals surface area (Å²) in [5.41, 5.74) is 1.84. The lowest BCUT2D eigenvalue weighted by Gasteiger charge is -2.16. The number of rotatable bonds is 6. The molecule has 1 saturated carbocycles. The first-order chi connectivity index (χ1) is 14.8. The van der Waals surface area contributed by atoms with Crippen LogP contribution in [0.2, 0.25) is 0 Å². The van der Waals surface area contributed by atoms with Gasteiger partial charge in [-0.1, -0.05) is 43.2 Å². The lowest BCUT2D eigenvalue weighted by molar-refractivity contribution is 0.483. The van der Waals surface area contributed by atoms with Crippen molar-refractivity contribution < 1.29 is 4.74 Å². The largest absolute Gasteiger partial charge is 0.457 e. The second-order valence-electron chi connectivity index (χ2n) is 7.60. The Morgan fingerprint density at radius 1 is 0.733 bits per heavy atom. The maximum absolute atomic E-state index is 5.87. The Bertz CT molecular complexity index is 1120. The highest BCUT2D eigenvalue weighted by Gasteiger charge is 2.17. The number of ether oxygens (including phenoxy) is 1. The topological polar surface area (TPSA) is 59.1 Å². The van der Waals surface area contributed by atoms with Gasteiger partial charge >= 0.3 is 0 Å². The lowest BCUT2D eigenvalue weighted by atomic mass is 10.2. The van der Waals surface area contributed by atoms with E-state index in [9.17, 15) is 0 Å². The Morgan fingerprint density at radius 3 is 2.23 bits per heavy atom. The van der Waals surface area contributed by atoms with Crippen molar-refractivity contribution in [2.24, 2.45) is 0 Å². The van der Waals surface area contributed by atoms with Crippen molar-refractivity contribution in [2.45, 2.75) is 31.7 Å². The fraction of sp³-hybridized carbons (Fsp3) is 0.200. The average Bonchev–Trinajstić information content (AvgIpc) is 3.29. The maximum atomic E-state index is 5.87. The van der Waals surface area contributed by atoms with Gasteiger partial charge in [0.15, 0.2) is 0 Å². The van der Waals surface area contributed by atoms with E-state index in [0.717, 1.165) is 33.9 Å². The van der Waals surface area contributed by atoms with Crippen LogP contribution in [0.15, 0.2) is 78.9 Å². The van der Waals surface area contributed by atoms with Crippen LogP contribution in [0.4, 0.5) is 17.5 Å². The molecule has 5 heteroatoms. The SMILES string of the molecule is c1ccc(Oc2ccc(Nc3nc(NC4CCCC4)c4ccccc4n3)cc2)cc1. The van der Waals surface area contributed by atoms with Gasteiger partial charge in [0.2, 0.25) is 5.95 Å². The molecule has 0 amide bonds. The van der Waals surface area contributed by atoms with E-state index < -0.39 is 0 Å². The van der Waals surface area contributed by atoms with E-state index in [-0.39, 0.29) is 0 Å². The summed E-state index contributed by atoms with van der Waals surface area (Å²) in [4.78, 5) is 9.49. The van der Waals surface area contributed by atoms with Crippen LogP contribution in [-0.2, 0) is 0 Å². The van der Waals surface area contributed by atoms with Crippen LogP contribution < -0.4 is 15.4 Å². The van der Waals surface area contributed by atoms with Crippen LogP contribution in [0.3, 0.4) is 0 Å². The molecule has 1 fully saturated rings. The molecule has 0 saturated heterocycles. The number of hydrogen-bond acceptors (Lipinski definition) is 5. The summed E-state index contributed by atoms with van der Waals surface area (Å²) in [5, 5.41) is 8.03. The molecule has 30 heavy (non-hydrogen) atoms. The first-order valence-corrected chi connectivity index (χ1v) is 10.5. The van der Waals surface area contributed by atoms with E-state index >= 15 is 0 Å². The molecule has 1 aromatic heterocycles. The molecular formula is C25H24N4O. The number of nitrogens with zero attached hydrogens (tertiary/aromatic N) is 2. The van der Waals surface area contributed by atoms with Gasteiger partial charge in [0.05, 0.1) is 5.52 Å². The number of hydrogen-bond donors (Lipinski definition) is 2. The zero-order valence-corrected chi connectivity index (χ0v) is 16.7. The third-order valence-corrected chi connectivity index (χ3v) is 5.39. The Balaban J connectivity index is 1.36. The summed E-state index contributed by atoms with van der Waals surface area (Å²) in [6.45, 7) is 0. The van der Waals surface area contributed by atoms with Gasteiger partial charge in [-0.3, -0.25) is 0 Å². The van der Waals surface area contributed by atoms with Gasteiger partial charge in [0.1, 0.15) is 17.3 Å². The van der Waals surface area contributed by atoms with Crippen molar-refractivity contribution in [3.63, 3.8) is 0 Å². The number of anilines is 3. The molecule has 5 rings (SSSR count). The van der Waals surface area contributed by atoms with Crippen molar-refractivity contribution in [2.75, 3.05) is 10.6 Å². The highest BCUT2D eigenvalue weighted by atomic mass is 16.5. The number of para-hydroxylation sites is 2. The van der Waals surface area contributed by atoms with Gasteiger partial charge in [0, 0.05) is 17.1 Å². The van der Waals surface area contributed by atoms with Crippen LogP contribution >= 0.6 is 0 Å². The highest BCUT2D eigenvalue weighted by Crippen LogP contribution is 2.28. The van der Waals surface area contributed by atoms with Gasteiger partial charge in [-0.15, -0.1) is 0 Å². The Morgan fingerprint density at radius 2 is 1.43 bits per heavy atom. The molecule has 150 valence electrons. The van der Waals surface area contributed by atoms with Crippen molar-refractivity contribution in [1.82, 2.24) is 9.97 Å². The van der Waals surface area contributed by atoms with Gasteiger partial charge in [-0.25, -0.2) is 4.98 Å². The second-order valence-corrected chi connectivity index (χ2v) is 7.60. The minimum atomic E-state index is 0.491. The molecule has 0 unspecified atom stereocenters. The molecule has 5 nitrogen and oxygen atoms in total. The molecule has 4 aromatic rings. The molecule has 2 N–H and O–H groups in total. The Hall–Kier alpha value is -3.60. The van der Waals surface area contributed by atoms with E-state index in [1.165, 1.54) is 25.7 Å². The van der Waals surface area contributed by atoms with E-state index in [1.54, 1.807) is 0 Å². The summed E-state index contributed by atoms with van der Waals surface area (Å²) in [6, 6.07) is 26.2. The normalized spacial score (nSPS) is 14.0.